The van der Waals surface area contributed by atoms with Crippen molar-refractivity contribution < 1.29 is 18.0 Å². The van der Waals surface area contributed by atoms with Gasteiger partial charge in [0.05, 0.1) is 5.52 Å². The van der Waals surface area contributed by atoms with E-state index in [9.17, 15) is 18.0 Å². The molecule has 0 bridgehead atoms. The monoisotopic (exact) mass is 443 g/mol. The smallest absolute Gasteiger partial charge is 0.257 e. The molecule has 1 heterocycles. The minimum atomic E-state index is -1.47. The number of hydrogen-bond acceptors (Lipinski definition) is 5. The van der Waals surface area contributed by atoms with E-state index >= 15 is 0 Å². The lowest BCUT2D eigenvalue weighted by Crippen LogP contribution is -2.41. The maximum Gasteiger partial charge on any atom is 0.257 e. The largest absolute Gasteiger partial charge is 0.362 e. The van der Waals surface area contributed by atoms with E-state index in [1.54, 1.807) is 0 Å². The van der Waals surface area contributed by atoms with Crippen LogP contribution in [0.15, 0.2) is 36.4 Å². The molecular formula is C23H24F3N5O. The van der Waals surface area contributed by atoms with Crippen molar-refractivity contribution in [1.82, 2.24) is 15.3 Å². The van der Waals surface area contributed by atoms with Gasteiger partial charge < -0.3 is 15.5 Å². The molecule has 0 spiro atoms. The van der Waals surface area contributed by atoms with Gasteiger partial charge in [-0.2, -0.15) is 4.98 Å². The van der Waals surface area contributed by atoms with E-state index in [0.29, 0.717) is 37.7 Å². The molecule has 0 radical (unpaired) electrons. The summed E-state index contributed by atoms with van der Waals surface area (Å²) in [6, 6.07) is 9.05. The fraction of sp³-hybridized carbons (Fsp3) is 0.348. The van der Waals surface area contributed by atoms with Gasteiger partial charge in [0.25, 0.3) is 5.91 Å². The predicted molar refractivity (Wildman–Crippen MR) is 117 cm³/mol. The number of amides is 1. The van der Waals surface area contributed by atoms with Crippen LogP contribution in [0.5, 0.6) is 0 Å². The van der Waals surface area contributed by atoms with Crippen LogP contribution in [0.2, 0.25) is 0 Å². The molecule has 3 aromatic rings. The van der Waals surface area contributed by atoms with Gasteiger partial charge in [-0.15, -0.1) is 0 Å². The highest BCUT2D eigenvalue weighted by Crippen LogP contribution is 2.26. The summed E-state index contributed by atoms with van der Waals surface area (Å²) in [5.41, 5.74) is -0.0418. The fourth-order valence-electron chi connectivity index (χ4n) is 4.02. The number of halogens is 3. The van der Waals surface area contributed by atoms with Crippen molar-refractivity contribution in [2.75, 3.05) is 24.3 Å². The van der Waals surface area contributed by atoms with Gasteiger partial charge >= 0.3 is 0 Å². The molecule has 0 saturated heterocycles. The molecule has 1 fully saturated rings. The molecule has 6 nitrogen and oxygen atoms in total. The first-order valence-electron chi connectivity index (χ1n) is 10.5. The normalized spacial score (nSPS) is 18.4. The molecule has 1 aromatic heterocycles. The number of carbonyl (C=O) groups excluding carboxylic acids is 1. The average molecular weight is 443 g/mol. The molecule has 1 amide bonds. The Bertz CT molecular complexity index is 1150. The molecule has 9 heteroatoms. The summed E-state index contributed by atoms with van der Waals surface area (Å²) in [5, 5.41) is 6.96. The number of anilines is 2. The van der Waals surface area contributed by atoms with Gasteiger partial charge in [0, 0.05) is 31.6 Å². The Labute approximate surface area is 183 Å². The fourth-order valence-corrected chi connectivity index (χ4v) is 4.02. The lowest BCUT2D eigenvalue weighted by atomic mass is 9.91. The first kappa shape index (κ1) is 21.9. The number of fused-ring (bicyclic) bond motifs is 1. The summed E-state index contributed by atoms with van der Waals surface area (Å²) < 4.78 is 41.1. The van der Waals surface area contributed by atoms with Crippen molar-refractivity contribution in [3.05, 3.63) is 59.4 Å². The third-order valence-electron chi connectivity index (χ3n) is 5.67. The Morgan fingerprint density at radius 3 is 2.31 bits per heavy atom. The minimum absolute atomic E-state index is 0.0990. The summed E-state index contributed by atoms with van der Waals surface area (Å²) >= 11 is 0. The highest BCUT2D eigenvalue weighted by molar-refractivity contribution is 5.95. The summed E-state index contributed by atoms with van der Waals surface area (Å²) in [6.45, 7) is 0. The molecule has 1 aliphatic carbocycles. The molecule has 0 unspecified atom stereocenters. The van der Waals surface area contributed by atoms with Gasteiger partial charge in [-0.25, -0.2) is 18.2 Å². The number of hydrogen-bond donors (Lipinski definition) is 2. The van der Waals surface area contributed by atoms with E-state index in [2.05, 4.69) is 20.6 Å². The van der Waals surface area contributed by atoms with Gasteiger partial charge in [-0.05, 0) is 49.9 Å². The summed E-state index contributed by atoms with van der Waals surface area (Å²) in [4.78, 5) is 23.5. The second kappa shape index (κ2) is 9.02. The van der Waals surface area contributed by atoms with Gasteiger partial charge in [0.1, 0.15) is 17.2 Å². The van der Waals surface area contributed by atoms with Crippen LogP contribution in [0.4, 0.5) is 24.9 Å². The second-order valence-electron chi connectivity index (χ2n) is 8.17. The quantitative estimate of drug-likeness (QED) is 0.577. The van der Waals surface area contributed by atoms with Crippen LogP contribution in [-0.2, 0) is 0 Å². The molecule has 2 N–H and O–H groups in total. The van der Waals surface area contributed by atoms with Crippen LogP contribution >= 0.6 is 0 Å². The Hall–Kier alpha value is -3.36. The topological polar surface area (TPSA) is 70.2 Å². The molecule has 0 aliphatic heterocycles. The first-order chi connectivity index (χ1) is 15.3. The predicted octanol–water partition coefficient (Wildman–Crippen LogP) is 4.27. The Kier molecular flexibility index (Phi) is 6.16. The maximum absolute atomic E-state index is 13.9. The van der Waals surface area contributed by atoms with Gasteiger partial charge in [-0.1, -0.05) is 12.1 Å². The number of carbonyl (C=O) groups is 1. The maximum atomic E-state index is 13.9. The average Bonchev–Trinajstić information content (AvgIpc) is 2.77. The van der Waals surface area contributed by atoms with Gasteiger partial charge in [0.2, 0.25) is 5.95 Å². The van der Waals surface area contributed by atoms with Crippen LogP contribution in [0, 0.1) is 17.5 Å². The van der Waals surface area contributed by atoms with E-state index in [4.69, 9.17) is 0 Å². The molecule has 32 heavy (non-hydrogen) atoms. The SMILES string of the molecule is CN(C)c1nc(NC2CCC(NC(=O)c3c(F)ccc(F)c3F)CC2)nc2ccccc12. The zero-order valence-electron chi connectivity index (χ0n) is 17.8. The van der Waals surface area contributed by atoms with E-state index in [1.165, 1.54) is 0 Å². The van der Waals surface area contributed by atoms with Crippen molar-refractivity contribution in [2.24, 2.45) is 0 Å². The number of nitrogens with one attached hydrogen (secondary N) is 2. The van der Waals surface area contributed by atoms with E-state index in [-0.39, 0.29) is 12.1 Å². The number of benzene rings is 2. The molecular weight excluding hydrogens is 419 g/mol. The zero-order chi connectivity index (χ0) is 22.8. The number of aromatic nitrogens is 2. The van der Waals surface area contributed by atoms with E-state index in [0.717, 1.165) is 22.8 Å². The second-order valence-corrected chi connectivity index (χ2v) is 8.17. The van der Waals surface area contributed by atoms with Gasteiger partial charge in [-0.3, -0.25) is 4.79 Å². The standard InChI is InChI=1S/C23H24F3N5O/c1-31(2)21-15-5-3-4-6-18(15)29-23(30-21)28-14-9-7-13(8-10-14)27-22(32)19-16(24)11-12-17(25)20(19)26/h3-6,11-14H,7-10H2,1-2H3,(H,27,32)(H,28,29,30). The zero-order valence-corrected chi connectivity index (χ0v) is 17.8. The third-order valence-corrected chi connectivity index (χ3v) is 5.67. The lowest BCUT2D eigenvalue weighted by molar-refractivity contribution is 0.0916. The lowest BCUT2D eigenvalue weighted by Gasteiger charge is -2.30. The summed E-state index contributed by atoms with van der Waals surface area (Å²) in [5.74, 6) is -3.40. The van der Waals surface area contributed by atoms with Crippen molar-refractivity contribution in [3.8, 4) is 0 Å². The highest BCUT2D eigenvalue weighted by Gasteiger charge is 2.27. The Morgan fingerprint density at radius 1 is 0.938 bits per heavy atom. The molecule has 168 valence electrons. The first-order valence-corrected chi connectivity index (χ1v) is 10.5. The number of rotatable bonds is 5. The van der Waals surface area contributed by atoms with Crippen molar-refractivity contribution in [1.29, 1.82) is 0 Å². The molecule has 4 rings (SSSR count). The summed E-state index contributed by atoms with van der Waals surface area (Å²) in [6.07, 6.45) is 2.64. The Morgan fingerprint density at radius 2 is 1.59 bits per heavy atom. The van der Waals surface area contributed by atoms with Gasteiger partial charge in [0.15, 0.2) is 11.6 Å². The molecule has 1 saturated carbocycles. The Balaban J connectivity index is 1.40. The highest BCUT2D eigenvalue weighted by atomic mass is 19.2. The minimum Gasteiger partial charge on any atom is -0.362 e. The molecule has 1 aliphatic rings. The van der Waals surface area contributed by atoms with Crippen molar-refractivity contribution in [3.63, 3.8) is 0 Å². The van der Waals surface area contributed by atoms with E-state index < -0.39 is 28.9 Å². The van der Waals surface area contributed by atoms with E-state index in [1.807, 2.05) is 43.3 Å². The number of nitrogens with zero attached hydrogens (tertiary/aromatic N) is 3. The number of para-hydroxylation sites is 1. The van der Waals surface area contributed by atoms with Crippen LogP contribution < -0.4 is 15.5 Å². The van der Waals surface area contributed by atoms with Crippen LogP contribution in [-0.4, -0.2) is 42.1 Å². The third kappa shape index (κ3) is 4.46. The van der Waals surface area contributed by atoms with Crippen LogP contribution in [0.25, 0.3) is 10.9 Å². The van der Waals surface area contributed by atoms with Crippen LogP contribution in [0.1, 0.15) is 36.0 Å². The summed E-state index contributed by atoms with van der Waals surface area (Å²) in [7, 11) is 3.85. The van der Waals surface area contributed by atoms with Crippen molar-refractivity contribution >= 4 is 28.6 Å². The molecule has 0 atom stereocenters. The van der Waals surface area contributed by atoms with Crippen LogP contribution in [0.3, 0.4) is 0 Å². The van der Waals surface area contributed by atoms with Crippen molar-refractivity contribution in [2.45, 2.75) is 37.8 Å². The molecule has 2 aromatic carbocycles.